The average Bonchev–Trinajstić information content (AvgIpc) is 3.21. The number of benzene rings is 4. The highest BCUT2D eigenvalue weighted by Crippen LogP contribution is 2.33. The second-order valence-electron chi connectivity index (χ2n) is 13.2. The Balaban J connectivity index is 1.41. The minimum absolute atomic E-state index is 0.0138. The molecule has 0 amide bonds. The Kier molecular flexibility index (Phi) is 17.5. The molecular formula is C46H54O8. The highest BCUT2D eigenvalue weighted by Gasteiger charge is 2.11. The quantitative estimate of drug-likeness (QED) is 0.0416. The van der Waals surface area contributed by atoms with Crippen molar-refractivity contribution < 1.29 is 38.7 Å². The maximum absolute atomic E-state index is 11.7. The maximum Gasteiger partial charge on any atom is 0.335 e. The number of rotatable bonds is 24. The number of aryl methyl sites for hydroxylation is 1. The number of esters is 2. The van der Waals surface area contributed by atoms with Crippen LogP contribution in [0, 0.1) is 0 Å². The number of carbonyl (C=O) groups is 2. The van der Waals surface area contributed by atoms with Crippen LogP contribution in [0.1, 0.15) is 63.9 Å². The van der Waals surface area contributed by atoms with E-state index < -0.39 is 25.2 Å². The molecule has 0 saturated carbocycles. The summed E-state index contributed by atoms with van der Waals surface area (Å²) in [6, 6.07) is 31.1. The van der Waals surface area contributed by atoms with Crippen LogP contribution in [0.3, 0.4) is 0 Å². The summed E-state index contributed by atoms with van der Waals surface area (Å²) in [6.45, 7) is 8.83. The second-order valence-corrected chi connectivity index (χ2v) is 13.2. The van der Waals surface area contributed by atoms with E-state index in [1.807, 2.05) is 48.5 Å². The summed E-state index contributed by atoms with van der Waals surface area (Å²) >= 11 is 0. The van der Waals surface area contributed by atoms with Crippen LogP contribution in [-0.2, 0) is 25.5 Å². The van der Waals surface area contributed by atoms with Crippen LogP contribution in [0.25, 0.3) is 33.4 Å². The molecule has 0 radical (unpaired) electrons. The van der Waals surface area contributed by atoms with Gasteiger partial charge in [-0.1, -0.05) is 132 Å². The maximum atomic E-state index is 11.7. The van der Waals surface area contributed by atoms with E-state index in [9.17, 15) is 9.59 Å². The predicted octanol–water partition coefficient (Wildman–Crippen LogP) is 9.31. The summed E-state index contributed by atoms with van der Waals surface area (Å²) < 4.78 is 21.5. The van der Waals surface area contributed by atoms with Gasteiger partial charge >= 0.3 is 11.9 Å². The van der Waals surface area contributed by atoms with Crippen LogP contribution >= 0.6 is 0 Å². The number of aliphatic hydroxyl groups is 2. The van der Waals surface area contributed by atoms with Crippen molar-refractivity contribution in [1.82, 2.24) is 0 Å². The van der Waals surface area contributed by atoms with Gasteiger partial charge in [0.15, 0.2) is 0 Å². The van der Waals surface area contributed by atoms with Crippen molar-refractivity contribution in [2.75, 3.05) is 39.6 Å². The van der Waals surface area contributed by atoms with Gasteiger partial charge in [0, 0.05) is 0 Å². The third kappa shape index (κ3) is 13.3. The van der Waals surface area contributed by atoms with E-state index in [1.54, 1.807) is 0 Å². The molecule has 4 rings (SSSR count). The lowest BCUT2D eigenvalue weighted by Gasteiger charge is -2.14. The van der Waals surface area contributed by atoms with Crippen LogP contribution in [0.5, 0.6) is 11.5 Å². The van der Waals surface area contributed by atoms with Crippen molar-refractivity contribution in [3.8, 4) is 44.9 Å². The molecule has 0 unspecified atom stereocenters. The highest BCUT2D eigenvalue weighted by atomic mass is 16.6. The average molecular weight is 735 g/mol. The van der Waals surface area contributed by atoms with Crippen LogP contribution in [0.2, 0.25) is 0 Å². The Morgan fingerprint density at radius 2 is 0.926 bits per heavy atom. The SMILES string of the molecule is C=C(CO)C(=O)OCCOc1ccc(-c2ccc(-c3ccc(-c4ccc(OCCOC(=O)C(=C)CO)cc4)cc3CCCCCCCCCC)cc2)cc1. The summed E-state index contributed by atoms with van der Waals surface area (Å²) in [5, 5.41) is 18.0. The van der Waals surface area contributed by atoms with Gasteiger partial charge in [-0.15, -0.1) is 0 Å². The van der Waals surface area contributed by atoms with Gasteiger partial charge in [-0.3, -0.25) is 0 Å². The van der Waals surface area contributed by atoms with Crippen molar-refractivity contribution in [1.29, 1.82) is 0 Å². The van der Waals surface area contributed by atoms with Crippen molar-refractivity contribution >= 4 is 11.9 Å². The number of hydrogen-bond donors (Lipinski definition) is 2. The molecule has 0 bridgehead atoms. The largest absolute Gasteiger partial charge is 0.490 e. The molecule has 4 aromatic rings. The number of hydrogen-bond acceptors (Lipinski definition) is 8. The second kappa shape index (κ2) is 22.8. The monoisotopic (exact) mass is 734 g/mol. The zero-order chi connectivity index (χ0) is 38.5. The molecule has 54 heavy (non-hydrogen) atoms. The number of unbranched alkanes of at least 4 members (excludes halogenated alkanes) is 7. The fraction of sp³-hybridized carbons (Fsp3) is 0.348. The van der Waals surface area contributed by atoms with Crippen LogP contribution in [-0.4, -0.2) is 61.8 Å². The van der Waals surface area contributed by atoms with Crippen LogP contribution in [0.15, 0.2) is 115 Å². The van der Waals surface area contributed by atoms with Gasteiger partial charge in [-0.05, 0) is 76.1 Å². The van der Waals surface area contributed by atoms with E-state index in [0.717, 1.165) is 35.1 Å². The van der Waals surface area contributed by atoms with E-state index in [-0.39, 0.29) is 37.6 Å². The first kappa shape index (κ1) is 41.6. The minimum atomic E-state index is -0.628. The third-order valence-electron chi connectivity index (χ3n) is 9.11. The first-order valence-corrected chi connectivity index (χ1v) is 18.9. The van der Waals surface area contributed by atoms with Crippen LogP contribution < -0.4 is 9.47 Å². The highest BCUT2D eigenvalue weighted by molar-refractivity contribution is 5.88. The smallest absolute Gasteiger partial charge is 0.335 e. The van der Waals surface area contributed by atoms with Gasteiger partial charge in [0.25, 0.3) is 0 Å². The van der Waals surface area contributed by atoms with E-state index in [4.69, 9.17) is 29.2 Å². The molecule has 0 aliphatic rings. The summed E-state index contributed by atoms with van der Waals surface area (Å²) in [5.41, 5.74) is 8.16. The van der Waals surface area contributed by atoms with Crippen molar-refractivity contribution in [2.24, 2.45) is 0 Å². The normalized spacial score (nSPS) is 10.8. The molecular weight excluding hydrogens is 680 g/mol. The Morgan fingerprint density at radius 1 is 0.519 bits per heavy atom. The molecule has 0 fully saturated rings. The molecule has 4 aromatic carbocycles. The van der Waals surface area contributed by atoms with Crippen molar-refractivity contribution in [3.05, 3.63) is 121 Å². The number of aliphatic hydroxyl groups excluding tert-OH is 2. The first-order valence-electron chi connectivity index (χ1n) is 18.9. The Hall–Kier alpha value is -5.18. The molecule has 0 heterocycles. The lowest BCUT2D eigenvalue weighted by atomic mass is 9.91. The lowest BCUT2D eigenvalue weighted by Crippen LogP contribution is -2.14. The van der Waals surface area contributed by atoms with E-state index >= 15 is 0 Å². The molecule has 0 aliphatic heterocycles. The third-order valence-corrected chi connectivity index (χ3v) is 9.11. The van der Waals surface area contributed by atoms with Gasteiger partial charge in [0.05, 0.1) is 24.4 Å². The van der Waals surface area contributed by atoms with Gasteiger partial charge in [-0.25, -0.2) is 9.59 Å². The fourth-order valence-corrected chi connectivity index (χ4v) is 5.96. The topological polar surface area (TPSA) is 112 Å². The summed E-state index contributed by atoms with van der Waals surface area (Å²) in [6.07, 6.45) is 11.2. The molecule has 8 nitrogen and oxygen atoms in total. The van der Waals surface area contributed by atoms with E-state index in [0.29, 0.717) is 11.5 Å². The van der Waals surface area contributed by atoms with Gasteiger partial charge in [-0.2, -0.15) is 0 Å². The van der Waals surface area contributed by atoms with Gasteiger partial charge in [0.2, 0.25) is 0 Å². The molecule has 8 heteroatoms. The molecule has 286 valence electrons. The van der Waals surface area contributed by atoms with E-state index in [1.165, 1.54) is 61.6 Å². The molecule has 0 saturated heterocycles. The number of carbonyl (C=O) groups excluding carboxylic acids is 2. The summed E-state index contributed by atoms with van der Waals surface area (Å²) in [7, 11) is 0. The summed E-state index contributed by atoms with van der Waals surface area (Å²) in [5.74, 6) is 0.0958. The Labute approximate surface area is 320 Å². The molecule has 0 spiro atoms. The van der Waals surface area contributed by atoms with Crippen molar-refractivity contribution in [2.45, 2.75) is 64.7 Å². The number of ether oxygens (including phenoxy) is 4. The van der Waals surface area contributed by atoms with Gasteiger partial charge in [0.1, 0.15) is 37.9 Å². The molecule has 0 atom stereocenters. The fourth-order valence-electron chi connectivity index (χ4n) is 5.96. The first-order chi connectivity index (χ1) is 26.3. The standard InChI is InChI=1S/C46H54O8/c1-4-5-6-7-8-9-10-11-12-41-31-40(38-19-24-43(25-20-38)52-28-30-54-46(50)35(3)33-48)21-26-44(41)39-15-13-36(14-16-39)37-17-22-42(23-18-37)51-27-29-53-45(49)34(2)32-47/h13-26,31,47-48H,2-12,27-30,32-33H2,1H3. The summed E-state index contributed by atoms with van der Waals surface area (Å²) in [4.78, 5) is 23.3. The predicted molar refractivity (Wildman–Crippen MR) is 214 cm³/mol. The molecule has 0 aromatic heterocycles. The minimum Gasteiger partial charge on any atom is -0.490 e. The van der Waals surface area contributed by atoms with Gasteiger partial charge < -0.3 is 29.2 Å². The Bertz CT molecular complexity index is 1780. The van der Waals surface area contributed by atoms with E-state index in [2.05, 4.69) is 62.5 Å². The Morgan fingerprint density at radius 3 is 1.41 bits per heavy atom. The van der Waals surface area contributed by atoms with Crippen molar-refractivity contribution in [3.63, 3.8) is 0 Å². The lowest BCUT2D eigenvalue weighted by molar-refractivity contribution is -0.141. The zero-order valence-corrected chi connectivity index (χ0v) is 31.5. The zero-order valence-electron chi connectivity index (χ0n) is 31.5. The van der Waals surface area contributed by atoms with Crippen LogP contribution in [0.4, 0.5) is 0 Å². The molecule has 0 aliphatic carbocycles. The molecule has 2 N–H and O–H groups in total.